The molecule has 12 heteroatoms. The highest BCUT2D eigenvalue weighted by molar-refractivity contribution is 7.17. The van der Waals surface area contributed by atoms with Crippen LogP contribution in [0.4, 0.5) is 5.13 Å². The van der Waals surface area contributed by atoms with E-state index in [0.717, 1.165) is 17.0 Å². The van der Waals surface area contributed by atoms with E-state index in [4.69, 9.17) is 30.5 Å². The first-order valence-electron chi connectivity index (χ1n) is 9.67. The van der Waals surface area contributed by atoms with Gasteiger partial charge in [0.15, 0.2) is 0 Å². The van der Waals surface area contributed by atoms with Crippen LogP contribution in [0.1, 0.15) is 16.1 Å². The lowest BCUT2D eigenvalue weighted by atomic mass is 10.0. The number of anilines is 1. The fourth-order valence-corrected chi connectivity index (χ4v) is 3.79. The number of nitrogens with zero attached hydrogens (tertiary/aromatic N) is 4. The Hall–Kier alpha value is -2.86. The van der Waals surface area contributed by atoms with Crippen LogP contribution >= 0.6 is 22.9 Å². The minimum atomic E-state index is -0.408. The first-order valence-corrected chi connectivity index (χ1v) is 10.9. The molecule has 1 fully saturated rings. The van der Waals surface area contributed by atoms with Crippen molar-refractivity contribution in [2.24, 2.45) is 0 Å². The van der Waals surface area contributed by atoms with Gasteiger partial charge < -0.3 is 18.9 Å². The molecule has 3 aromatic heterocycles. The van der Waals surface area contributed by atoms with E-state index in [1.165, 1.54) is 19.5 Å². The summed E-state index contributed by atoms with van der Waals surface area (Å²) in [6.07, 6.45) is 2.84. The molecular weight excluding hydrogens is 458 g/mol. The molecule has 4 heterocycles. The molecule has 0 aromatic carbocycles. The van der Waals surface area contributed by atoms with Crippen LogP contribution in [0.15, 0.2) is 24.5 Å². The van der Waals surface area contributed by atoms with Gasteiger partial charge in [-0.2, -0.15) is 0 Å². The van der Waals surface area contributed by atoms with E-state index in [0.29, 0.717) is 47.5 Å². The second-order valence-electron chi connectivity index (χ2n) is 6.78. The van der Waals surface area contributed by atoms with E-state index in [1.54, 1.807) is 12.1 Å². The second-order valence-corrected chi connectivity index (χ2v) is 8.11. The fraction of sp³-hybridized carbons (Fsp3) is 0.350. The molecule has 10 nitrogen and oxygen atoms in total. The molecule has 168 valence electrons. The highest BCUT2D eigenvalue weighted by Gasteiger charge is 2.20. The quantitative estimate of drug-likeness (QED) is 0.512. The molecule has 0 aliphatic carbocycles. The van der Waals surface area contributed by atoms with Gasteiger partial charge in [0.05, 0.1) is 38.7 Å². The Bertz CT molecular complexity index is 1110. The van der Waals surface area contributed by atoms with Crippen LogP contribution in [-0.2, 0) is 9.47 Å². The highest BCUT2D eigenvalue weighted by Crippen LogP contribution is 2.34. The number of halogens is 1. The van der Waals surface area contributed by atoms with Crippen molar-refractivity contribution in [3.63, 3.8) is 0 Å². The Balaban J connectivity index is 1.51. The van der Waals surface area contributed by atoms with E-state index >= 15 is 0 Å². The predicted molar refractivity (Wildman–Crippen MR) is 118 cm³/mol. The molecule has 0 bridgehead atoms. The van der Waals surface area contributed by atoms with Gasteiger partial charge >= 0.3 is 0 Å². The molecule has 0 radical (unpaired) electrons. The molecule has 1 amide bonds. The summed E-state index contributed by atoms with van der Waals surface area (Å²) >= 11 is 7.19. The number of amides is 1. The zero-order valence-corrected chi connectivity index (χ0v) is 18.9. The number of hydrogen-bond acceptors (Lipinski definition) is 10. The molecule has 1 aliphatic heterocycles. The van der Waals surface area contributed by atoms with Crippen molar-refractivity contribution in [3.05, 3.63) is 40.9 Å². The van der Waals surface area contributed by atoms with Crippen molar-refractivity contribution in [2.45, 2.75) is 13.0 Å². The summed E-state index contributed by atoms with van der Waals surface area (Å²) in [7, 11) is 1.52. The summed E-state index contributed by atoms with van der Waals surface area (Å²) in [6.45, 7) is 3.70. The number of pyridine rings is 2. The Morgan fingerprint density at radius 1 is 1.25 bits per heavy atom. The lowest BCUT2D eigenvalue weighted by Crippen LogP contribution is -2.33. The van der Waals surface area contributed by atoms with Crippen LogP contribution in [0.5, 0.6) is 10.9 Å². The van der Waals surface area contributed by atoms with Gasteiger partial charge in [0, 0.05) is 23.0 Å². The van der Waals surface area contributed by atoms with Crippen molar-refractivity contribution in [3.8, 4) is 22.1 Å². The van der Waals surface area contributed by atoms with Crippen LogP contribution in [0.3, 0.4) is 0 Å². The number of aryl methyl sites for hydroxylation is 1. The van der Waals surface area contributed by atoms with Gasteiger partial charge in [-0.3, -0.25) is 15.1 Å². The molecule has 4 rings (SSSR count). The van der Waals surface area contributed by atoms with Crippen LogP contribution < -0.4 is 14.8 Å². The lowest BCUT2D eigenvalue weighted by Gasteiger charge is -2.22. The third-order valence-electron chi connectivity index (χ3n) is 4.53. The Morgan fingerprint density at radius 3 is 2.91 bits per heavy atom. The Labute approximate surface area is 192 Å². The smallest absolute Gasteiger partial charge is 0.295 e. The molecule has 1 saturated heterocycles. The zero-order chi connectivity index (χ0) is 22.5. The average molecular weight is 478 g/mol. The topological polar surface area (TPSA) is 118 Å². The number of methoxy groups -OCH3 is 1. The van der Waals surface area contributed by atoms with Gasteiger partial charge in [-0.1, -0.05) is 16.7 Å². The number of nitrogens with one attached hydrogen (secondary N) is 1. The van der Waals surface area contributed by atoms with E-state index in [1.807, 2.05) is 6.92 Å². The van der Waals surface area contributed by atoms with Crippen LogP contribution in [0.2, 0.25) is 5.15 Å². The maximum Gasteiger partial charge on any atom is 0.295 e. The summed E-state index contributed by atoms with van der Waals surface area (Å²) in [6, 6.07) is 3.42. The van der Waals surface area contributed by atoms with Gasteiger partial charge in [0.2, 0.25) is 5.13 Å². The average Bonchev–Trinajstić information content (AvgIpc) is 3.25. The van der Waals surface area contributed by atoms with Gasteiger partial charge in [-0.15, -0.1) is 5.10 Å². The van der Waals surface area contributed by atoms with Gasteiger partial charge in [-0.05, 0) is 30.4 Å². The number of rotatable bonds is 7. The molecular formula is C20H20ClN5O5S. The number of ether oxygens (including phenoxy) is 4. The maximum absolute atomic E-state index is 13.0. The molecule has 0 unspecified atom stereocenters. The summed E-state index contributed by atoms with van der Waals surface area (Å²) in [5, 5.41) is 11.6. The summed E-state index contributed by atoms with van der Waals surface area (Å²) in [5.41, 5.74) is 2.28. The highest BCUT2D eigenvalue weighted by atomic mass is 35.5. The first kappa shape index (κ1) is 22.3. The summed E-state index contributed by atoms with van der Waals surface area (Å²) < 4.78 is 21.9. The van der Waals surface area contributed by atoms with Crippen molar-refractivity contribution in [1.29, 1.82) is 0 Å². The largest absolute Gasteiger partial charge is 0.494 e. The number of carbonyl (C=O) groups excluding carboxylic acids is 1. The van der Waals surface area contributed by atoms with Crippen molar-refractivity contribution in [2.75, 3.05) is 38.9 Å². The van der Waals surface area contributed by atoms with Gasteiger partial charge in [-0.25, -0.2) is 4.98 Å². The maximum atomic E-state index is 13.0. The van der Waals surface area contributed by atoms with Gasteiger partial charge in [0.1, 0.15) is 23.6 Å². The Kier molecular flexibility index (Phi) is 7.10. The van der Waals surface area contributed by atoms with E-state index in [-0.39, 0.29) is 23.0 Å². The molecule has 3 aromatic rings. The third-order valence-corrected chi connectivity index (χ3v) is 5.49. The minimum Gasteiger partial charge on any atom is -0.494 e. The summed E-state index contributed by atoms with van der Waals surface area (Å²) in [5.74, 6) is 0.0729. The molecule has 1 aliphatic rings. The second kappa shape index (κ2) is 10.2. The Morgan fingerprint density at radius 2 is 2.12 bits per heavy atom. The van der Waals surface area contributed by atoms with Crippen LogP contribution in [0.25, 0.3) is 11.1 Å². The lowest BCUT2D eigenvalue weighted by molar-refractivity contribution is -0.101. The monoisotopic (exact) mass is 477 g/mol. The fourth-order valence-electron chi connectivity index (χ4n) is 3.03. The van der Waals surface area contributed by atoms with E-state index in [2.05, 4.69) is 25.5 Å². The number of carbonyl (C=O) groups is 1. The number of hydrogen-bond donors (Lipinski definition) is 1. The van der Waals surface area contributed by atoms with E-state index in [9.17, 15) is 4.79 Å². The van der Waals surface area contributed by atoms with E-state index < -0.39 is 5.91 Å². The minimum absolute atomic E-state index is 0.158. The van der Waals surface area contributed by atoms with Crippen LogP contribution in [-0.4, -0.2) is 65.7 Å². The summed E-state index contributed by atoms with van der Waals surface area (Å²) in [4.78, 5) is 21.3. The predicted octanol–water partition coefficient (Wildman–Crippen LogP) is 3.01. The van der Waals surface area contributed by atoms with Gasteiger partial charge in [0.25, 0.3) is 11.1 Å². The molecule has 1 N–H and O–H groups in total. The molecule has 1 atom stereocenters. The first-order chi connectivity index (χ1) is 15.5. The number of aromatic nitrogens is 4. The molecule has 0 saturated carbocycles. The van der Waals surface area contributed by atoms with Crippen molar-refractivity contribution in [1.82, 2.24) is 20.2 Å². The molecule has 32 heavy (non-hydrogen) atoms. The van der Waals surface area contributed by atoms with Crippen molar-refractivity contribution < 1.29 is 23.7 Å². The third kappa shape index (κ3) is 5.30. The molecule has 0 spiro atoms. The zero-order valence-electron chi connectivity index (χ0n) is 17.3. The van der Waals surface area contributed by atoms with Crippen LogP contribution in [0, 0.1) is 6.92 Å². The van der Waals surface area contributed by atoms with Crippen molar-refractivity contribution >= 4 is 34.0 Å². The SMILES string of the molecule is COc1cnc(Cl)cc1-c1cc(C)ncc1C(=O)Nc1nnc(OC[C@@H]2COCCO2)s1. The normalized spacial score (nSPS) is 15.9. The standard InChI is InChI=1S/C20H20ClN5O5S/c1-11-5-13(14-6-17(21)23-8-16(14)28-2)15(7-22-11)18(27)24-19-25-26-20(32-19)31-10-12-9-29-3-4-30-12/h5-8,12H,3-4,9-10H2,1-2H3,(H,24,25,27)/t12-/m0/s1.